The lowest BCUT2D eigenvalue weighted by atomic mass is 9.96. The van der Waals surface area contributed by atoms with Crippen molar-refractivity contribution in [3.63, 3.8) is 0 Å². The predicted octanol–water partition coefficient (Wildman–Crippen LogP) is -0.727. The van der Waals surface area contributed by atoms with Crippen molar-refractivity contribution >= 4 is 34.5 Å². The van der Waals surface area contributed by atoms with Gasteiger partial charge in [0.2, 0.25) is 0 Å². The molecule has 0 aromatic carbocycles. The fraction of sp³-hybridized carbons (Fsp3) is 1.00. The Morgan fingerprint density at radius 1 is 1.22 bits per heavy atom. The molecule has 0 bridgehead atoms. The second-order valence-electron chi connectivity index (χ2n) is 5.30. The van der Waals surface area contributed by atoms with Crippen molar-refractivity contribution < 1.29 is 37.8 Å². The van der Waals surface area contributed by atoms with E-state index < -0.39 is 43.6 Å². The molecule has 2 aliphatic rings. The average molecular weight is 365 g/mol. The van der Waals surface area contributed by atoms with Crippen LogP contribution in [0.1, 0.15) is 12.8 Å². The first-order valence-electron chi connectivity index (χ1n) is 7.15. The summed E-state index contributed by atoms with van der Waals surface area (Å²) < 4.78 is 26.5. The van der Waals surface area contributed by atoms with E-state index >= 15 is 0 Å². The van der Waals surface area contributed by atoms with Crippen molar-refractivity contribution in [1.82, 2.24) is 0 Å². The molecular weight excluding hydrogens is 345 g/mol. The third kappa shape index (κ3) is 5.54. The van der Waals surface area contributed by atoms with Crippen LogP contribution in [-0.4, -0.2) is 87.5 Å². The standard InChI is InChI=1S/C11H20B2O8PS/c1-17-23-22(16,18-5-9-6(15)2-10(12)20-9)21-7-3-11(13)19-8(7)4-14/h6-11,14-16H,2-5H2,1H3/q+1. The van der Waals surface area contributed by atoms with E-state index in [0.29, 0.717) is 24.5 Å². The normalized spacial score (nSPS) is 40.3. The zero-order chi connectivity index (χ0) is 17.0. The first kappa shape index (κ1) is 19.9. The Hall–Kier alpha value is 0.590. The second kappa shape index (κ2) is 8.80. The van der Waals surface area contributed by atoms with E-state index in [0.717, 1.165) is 0 Å². The molecule has 0 spiro atoms. The maximum absolute atomic E-state index is 10.5. The Labute approximate surface area is 142 Å². The van der Waals surface area contributed by atoms with Crippen LogP contribution in [0.3, 0.4) is 0 Å². The Balaban J connectivity index is 1.92. The maximum atomic E-state index is 10.5. The molecule has 2 saturated heterocycles. The molecule has 7 atom stereocenters. The third-order valence-electron chi connectivity index (χ3n) is 3.50. The number of hydrogen-bond donors (Lipinski definition) is 3. The quantitative estimate of drug-likeness (QED) is 0.292. The van der Waals surface area contributed by atoms with Crippen LogP contribution in [0.25, 0.3) is 0 Å². The monoisotopic (exact) mass is 365 g/mol. The van der Waals surface area contributed by atoms with Crippen LogP contribution < -0.4 is 0 Å². The largest absolute Gasteiger partial charge is 0.508 e. The molecule has 2 rings (SSSR count). The average Bonchev–Trinajstić information content (AvgIpc) is 2.98. The summed E-state index contributed by atoms with van der Waals surface area (Å²) in [7, 11) is 9.13. The first-order chi connectivity index (χ1) is 10.9. The summed E-state index contributed by atoms with van der Waals surface area (Å²) in [5, 5.41) is 19.1. The molecule has 23 heavy (non-hydrogen) atoms. The summed E-state index contributed by atoms with van der Waals surface area (Å²) >= 11 is 0.640. The Kier molecular flexibility index (Phi) is 7.62. The van der Waals surface area contributed by atoms with Crippen molar-refractivity contribution in [3.05, 3.63) is 0 Å². The van der Waals surface area contributed by atoms with Gasteiger partial charge in [-0.2, -0.15) is 13.9 Å². The van der Waals surface area contributed by atoms with Gasteiger partial charge in [0, 0.05) is 12.0 Å². The van der Waals surface area contributed by atoms with Gasteiger partial charge in [-0.05, 0) is 12.8 Å². The van der Waals surface area contributed by atoms with Gasteiger partial charge >= 0.3 is 7.15 Å². The molecule has 0 aromatic heterocycles. The van der Waals surface area contributed by atoms with Crippen LogP contribution in [0.4, 0.5) is 0 Å². The lowest BCUT2D eigenvalue weighted by molar-refractivity contribution is -0.0181. The highest BCUT2D eigenvalue weighted by molar-refractivity contribution is 8.55. The van der Waals surface area contributed by atoms with Crippen LogP contribution in [0.15, 0.2) is 0 Å². The number of hydrogen-bond acceptors (Lipinski definition) is 9. The molecule has 3 N–H and O–H groups in total. The van der Waals surface area contributed by atoms with Crippen LogP contribution >= 0.6 is 18.8 Å². The van der Waals surface area contributed by atoms with E-state index in [1.54, 1.807) is 0 Å². The molecule has 0 aromatic rings. The molecule has 0 aliphatic carbocycles. The number of aliphatic hydroxyl groups is 2. The van der Waals surface area contributed by atoms with Crippen LogP contribution in [0.5, 0.6) is 0 Å². The van der Waals surface area contributed by atoms with Crippen LogP contribution in [-0.2, 0) is 22.7 Å². The van der Waals surface area contributed by atoms with Gasteiger partial charge in [-0.1, -0.05) is 0 Å². The van der Waals surface area contributed by atoms with E-state index in [-0.39, 0.29) is 13.2 Å². The van der Waals surface area contributed by atoms with Crippen molar-refractivity contribution in [1.29, 1.82) is 0 Å². The van der Waals surface area contributed by atoms with Gasteiger partial charge < -0.3 is 19.7 Å². The van der Waals surface area contributed by atoms with Crippen molar-refractivity contribution in [3.8, 4) is 0 Å². The number of rotatable bonds is 8. The molecule has 12 heteroatoms. The van der Waals surface area contributed by atoms with Gasteiger partial charge in [-0.25, -0.2) is 0 Å². The highest BCUT2D eigenvalue weighted by atomic mass is 32.8. The van der Waals surface area contributed by atoms with Crippen molar-refractivity contribution in [2.24, 2.45) is 0 Å². The lowest BCUT2D eigenvalue weighted by Crippen LogP contribution is -2.30. The Morgan fingerprint density at radius 2 is 1.87 bits per heavy atom. The van der Waals surface area contributed by atoms with E-state index in [1.165, 1.54) is 7.11 Å². The fourth-order valence-electron chi connectivity index (χ4n) is 2.43. The molecular formula is C11H20B2O8PS+. The maximum Gasteiger partial charge on any atom is 0.508 e. The molecule has 2 aliphatic heterocycles. The van der Waals surface area contributed by atoms with E-state index in [1.807, 2.05) is 0 Å². The summed E-state index contributed by atoms with van der Waals surface area (Å²) in [6, 6.07) is -1.16. The van der Waals surface area contributed by atoms with Gasteiger partial charge in [-0.15, -0.1) is 0 Å². The van der Waals surface area contributed by atoms with Gasteiger partial charge in [0.15, 0.2) is 0 Å². The Morgan fingerprint density at radius 3 is 2.43 bits per heavy atom. The molecule has 2 fully saturated rings. The van der Waals surface area contributed by atoms with Crippen LogP contribution in [0, 0.1) is 0 Å². The number of ether oxygens (including phenoxy) is 2. The minimum atomic E-state index is -3.48. The smallest absolute Gasteiger partial charge is 0.394 e. The lowest BCUT2D eigenvalue weighted by Gasteiger charge is -2.21. The van der Waals surface area contributed by atoms with E-state index in [4.69, 9.17) is 38.4 Å². The fourth-order valence-corrected chi connectivity index (χ4v) is 4.97. The molecule has 2 heterocycles. The minimum absolute atomic E-state index is 0.112. The third-order valence-corrected chi connectivity index (χ3v) is 6.44. The SMILES string of the molecule is [B]C1CC(O)C(CO[P+](O)(OC2CC([B])OC2CO)SOC)O1. The van der Waals surface area contributed by atoms with Gasteiger partial charge in [0.25, 0.3) is 11.7 Å². The Bertz CT molecular complexity index is 386. The van der Waals surface area contributed by atoms with Crippen LogP contribution in [0.2, 0.25) is 0 Å². The van der Waals surface area contributed by atoms with Gasteiger partial charge in [0.1, 0.15) is 40.6 Å². The van der Waals surface area contributed by atoms with Crippen molar-refractivity contribution in [2.75, 3.05) is 20.3 Å². The molecule has 0 amide bonds. The molecule has 4 radical (unpaired) electrons. The van der Waals surface area contributed by atoms with Gasteiger partial charge in [-0.3, -0.25) is 4.18 Å². The number of aliphatic hydroxyl groups excluding tert-OH is 2. The summed E-state index contributed by atoms with van der Waals surface area (Å²) in [5.74, 6) is 0. The summed E-state index contributed by atoms with van der Waals surface area (Å²) in [4.78, 5) is 10.5. The van der Waals surface area contributed by atoms with E-state index in [9.17, 15) is 15.1 Å². The molecule has 7 unspecified atom stereocenters. The molecule has 0 saturated carbocycles. The molecule has 128 valence electrons. The molecule has 8 nitrogen and oxygen atoms in total. The summed E-state index contributed by atoms with van der Waals surface area (Å²) in [5.41, 5.74) is 0. The summed E-state index contributed by atoms with van der Waals surface area (Å²) in [6.07, 6.45) is -2.13. The first-order valence-corrected chi connectivity index (χ1v) is 10.1. The topological polar surface area (TPSA) is 107 Å². The zero-order valence-corrected chi connectivity index (χ0v) is 14.4. The second-order valence-corrected chi connectivity index (χ2v) is 9.02. The van der Waals surface area contributed by atoms with Gasteiger partial charge in [0.05, 0.1) is 19.8 Å². The highest BCUT2D eigenvalue weighted by Crippen LogP contribution is 2.70. The zero-order valence-electron chi connectivity index (χ0n) is 12.7. The van der Waals surface area contributed by atoms with Crippen molar-refractivity contribution in [2.45, 2.75) is 49.3 Å². The predicted molar refractivity (Wildman–Crippen MR) is 85.7 cm³/mol. The summed E-state index contributed by atoms with van der Waals surface area (Å²) in [6.45, 7) is -0.408. The highest BCUT2D eigenvalue weighted by Gasteiger charge is 2.52. The minimum Gasteiger partial charge on any atom is -0.394 e. The van der Waals surface area contributed by atoms with E-state index in [2.05, 4.69) is 0 Å².